The first-order valence-corrected chi connectivity index (χ1v) is 16.0. The van der Waals surface area contributed by atoms with Gasteiger partial charge in [-0.3, -0.25) is 0 Å². The molecule has 0 amide bonds. The number of hydrogen-bond acceptors (Lipinski definition) is 5. The average Bonchev–Trinajstić information content (AvgIpc) is 3.83. The van der Waals surface area contributed by atoms with Crippen molar-refractivity contribution in [3.8, 4) is 45.3 Å². The molecule has 0 aliphatic rings. The van der Waals surface area contributed by atoms with Crippen LogP contribution in [0, 0.1) is 0 Å². The van der Waals surface area contributed by atoms with E-state index in [1.165, 1.54) is 0 Å². The summed E-state index contributed by atoms with van der Waals surface area (Å²) in [6.45, 7) is 0. The van der Waals surface area contributed by atoms with Crippen molar-refractivity contribution in [2.45, 2.75) is 0 Å². The third kappa shape index (κ3) is 4.25. The Morgan fingerprint density at radius 3 is 2.08 bits per heavy atom. The summed E-state index contributed by atoms with van der Waals surface area (Å²) in [6.07, 6.45) is 0. The summed E-state index contributed by atoms with van der Waals surface area (Å²) in [5, 5.41) is 1.88. The number of rotatable bonds is 4. The van der Waals surface area contributed by atoms with Crippen LogP contribution >= 0.6 is 11.3 Å². The normalized spacial score (nSPS) is 14.4. The van der Waals surface area contributed by atoms with Crippen LogP contribution in [-0.4, -0.2) is 15.0 Å². The van der Waals surface area contributed by atoms with Gasteiger partial charge in [0, 0.05) is 42.1 Å². The highest BCUT2D eigenvalue weighted by Gasteiger charge is 2.21. The largest absolute Gasteiger partial charge is 0.455 e. The number of furan rings is 1. The molecule has 0 atom stereocenters. The number of aromatic nitrogens is 3. The molecule has 48 heavy (non-hydrogen) atoms. The predicted octanol–water partition coefficient (Wildman–Crippen LogP) is 12.0. The van der Waals surface area contributed by atoms with Gasteiger partial charge in [-0.1, -0.05) is 121 Å². The van der Waals surface area contributed by atoms with Crippen molar-refractivity contribution in [1.29, 1.82) is 0 Å². The summed E-state index contributed by atoms with van der Waals surface area (Å²) >= 11 is 0.969. The van der Waals surface area contributed by atoms with Crippen molar-refractivity contribution < 1.29 is 16.8 Å². The Morgan fingerprint density at radius 1 is 0.521 bits per heavy atom. The van der Waals surface area contributed by atoms with Crippen LogP contribution in [0.2, 0.25) is 0 Å². The van der Waals surface area contributed by atoms with Crippen molar-refractivity contribution in [2.24, 2.45) is 0 Å². The molecule has 0 aliphatic carbocycles. The molecule has 7 aromatic carbocycles. The molecule has 0 saturated carbocycles. The number of hydrogen-bond donors (Lipinski definition) is 0. The molecule has 0 fully saturated rings. The van der Waals surface area contributed by atoms with Crippen molar-refractivity contribution in [3.05, 3.63) is 151 Å². The lowest BCUT2D eigenvalue weighted by Crippen LogP contribution is -2.00. The minimum Gasteiger partial charge on any atom is -0.455 e. The zero-order valence-corrected chi connectivity index (χ0v) is 25.7. The Kier molecular flexibility index (Phi) is 4.34. The maximum Gasteiger partial charge on any atom is 0.167 e. The number of thiophene rings is 1. The van der Waals surface area contributed by atoms with Gasteiger partial charge in [0.25, 0.3) is 0 Å². The molecule has 0 radical (unpaired) electrons. The monoisotopic (exact) mass is 640 g/mol. The second-order valence-electron chi connectivity index (χ2n) is 11.3. The van der Waals surface area contributed by atoms with E-state index in [1.807, 2.05) is 97.1 Å². The minimum atomic E-state index is -0.520. The molecule has 0 N–H and O–H groups in total. The quantitative estimate of drug-likeness (QED) is 0.192. The van der Waals surface area contributed by atoms with E-state index in [9.17, 15) is 4.11 Å². The maximum atomic E-state index is 9.63. The first-order valence-electron chi connectivity index (χ1n) is 19.7. The van der Waals surface area contributed by atoms with E-state index in [4.69, 9.17) is 27.6 Å². The van der Waals surface area contributed by atoms with Gasteiger partial charge in [-0.15, -0.1) is 11.3 Å². The zero-order valence-electron chi connectivity index (χ0n) is 33.9. The predicted molar refractivity (Wildman–Crippen MR) is 199 cm³/mol. The average molecular weight is 641 g/mol. The van der Waals surface area contributed by atoms with Gasteiger partial charge in [0.1, 0.15) is 11.2 Å². The summed E-state index contributed by atoms with van der Waals surface area (Å²) in [5.74, 6) is 0.407. The third-order valence-corrected chi connectivity index (χ3v) is 9.55. The van der Waals surface area contributed by atoms with E-state index in [1.54, 1.807) is 0 Å². The van der Waals surface area contributed by atoms with E-state index < -0.39 is 24.2 Å². The fourth-order valence-corrected chi connectivity index (χ4v) is 7.28. The molecule has 0 unspecified atom stereocenters. The lowest BCUT2D eigenvalue weighted by molar-refractivity contribution is 0.669. The summed E-state index contributed by atoms with van der Waals surface area (Å²) in [7, 11) is 0. The molecule has 0 saturated heterocycles. The van der Waals surface area contributed by atoms with Crippen LogP contribution in [0.15, 0.2) is 156 Å². The van der Waals surface area contributed by atoms with Crippen molar-refractivity contribution >= 4 is 64.2 Å². The van der Waals surface area contributed by atoms with E-state index in [0.29, 0.717) is 22.3 Å². The highest BCUT2D eigenvalue weighted by molar-refractivity contribution is 7.26. The van der Waals surface area contributed by atoms with Crippen molar-refractivity contribution in [1.82, 2.24) is 15.0 Å². The molecular formula is C43H25N3OS. The van der Waals surface area contributed by atoms with Gasteiger partial charge in [-0.25, -0.2) is 15.0 Å². The molecule has 10 aromatic rings. The van der Waals surface area contributed by atoms with E-state index in [-0.39, 0.29) is 84.2 Å². The lowest BCUT2D eigenvalue weighted by Gasteiger charge is -2.10. The van der Waals surface area contributed by atoms with Crippen LogP contribution in [0.5, 0.6) is 0 Å². The fraction of sp³-hybridized carbons (Fsp3) is 0. The van der Waals surface area contributed by atoms with E-state index in [0.717, 1.165) is 33.2 Å². The zero-order chi connectivity index (χ0) is 39.4. The first-order chi connectivity index (χ1) is 27.5. The molecule has 0 bridgehead atoms. The van der Waals surface area contributed by atoms with Crippen LogP contribution in [0.1, 0.15) is 12.3 Å². The molecule has 0 aliphatic heterocycles. The Morgan fingerprint density at radius 2 is 1.23 bits per heavy atom. The second kappa shape index (κ2) is 10.7. The smallest absolute Gasteiger partial charge is 0.167 e. The molecule has 10 rings (SSSR count). The number of benzene rings is 7. The van der Waals surface area contributed by atoms with Gasteiger partial charge in [0.2, 0.25) is 0 Å². The highest BCUT2D eigenvalue weighted by Crippen LogP contribution is 2.43. The van der Waals surface area contributed by atoms with Gasteiger partial charge < -0.3 is 4.42 Å². The summed E-state index contributed by atoms with van der Waals surface area (Å²) < 4.78 is 86.9. The summed E-state index contributed by atoms with van der Waals surface area (Å²) in [6, 6.07) is 27.3. The van der Waals surface area contributed by atoms with Crippen LogP contribution in [0.4, 0.5) is 0 Å². The van der Waals surface area contributed by atoms with Crippen molar-refractivity contribution in [3.63, 3.8) is 0 Å². The Balaban J connectivity index is 1.30. The summed E-state index contributed by atoms with van der Waals surface area (Å²) in [5.41, 5.74) is 4.24. The van der Waals surface area contributed by atoms with E-state index >= 15 is 0 Å². The van der Waals surface area contributed by atoms with Gasteiger partial charge in [-0.2, -0.15) is 0 Å². The third-order valence-electron chi connectivity index (χ3n) is 8.43. The lowest BCUT2D eigenvalue weighted by atomic mass is 9.97. The van der Waals surface area contributed by atoms with Crippen LogP contribution < -0.4 is 0 Å². The van der Waals surface area contributed by atoms with Crippen LogP contribution in [0.25, 0.3) is 98.2 Å². The minimum absolute atomic E-state index is 0.0349. The fourth-order valence-electron chi connectivity index (χ4n) is 6.21. The molecular weight excluding hydrogens is 607 g/mol. The number of fused-ring (bicyclic) bond motifs is 8. The highest BCUT2D eigenvalue weighted by atomic mass is 32.1. The standard InChI is InChI=1S/C43H25N3OS/c1-3-11-26(12-4-1)30-22-23-34(39-38(30)33-17-9-10-18-36(33)47-39)43-45-41(28-14-5-2-6-15-28)44-42(46-43)29-20-24-37-35(25-29)32-21-19-27-13-7-8-16-31(27)40(32)48-37/h1-25H/i7D,8D,13D,16D,19D,20D,21D,24D,25D. The Bertz CT molecular complexity index is 3350. The molecule has 224 valence electrons. The maximum absolute atomic E-state index is 9.63. The SMILES string of the molecule is [2H]c1c(-c2nc(-c3ccccc3)nc(-c3ccc(-c4ccccc4)c4c3oc3ccccc34)n2)c([2H])c2c(sc3c4c([2H])c([2H])c([2H])c([2H])c4c([2H])c([2H])c32)c1[2H]. The van der Waals surface area contributed by atoms with Gasteiger partial charge in [0.15, 0.2) is 17.5 Å². The first kappa shape index (κ1) is 19.5. The molecule has 5 heteroatoms. The molecule has 3 heterocycles. The molecule has 3 aromatic heterocycles. The van der Waals surface area contributed by atoms with Crippen LogP contribution in [0.3, 0.4) is 0 Å². The van der Waals surface area contributed by atoms with Gasteiger partial charge in [-0.05, 0) is 52.2 Å². The van der Waals surface area contributed by atoms with Gasteiger partial charge >= 0.3 is 0 Å². The molecule has 0 spiro atoms. The van der Waals surface area contributed by atoms with Crippen molar-refractivity contribution in [2.75, 3.05) is 0 Å². The second-order valence-corrected chi connectivity index (χ2v) is 12.3. The van der Waals surface area contributed by atoms with E-state index in [2.05, 4.69) is 0 Å². The summed E-state index contributed by atoms with van der Waals surface area (Å²) in [4.78, 5) is 14.6. The number of nitrogens with zero attached hydrogens (tertiary/aromatic N) is 3. The molecule has 4 nitrogen and oxygen atoms in total. The topological polar surface area (TPSA) is 51.8 Å². The Hall–Kier alpha value is -6.17. The van der Waals surface area contributed by atoms with Crippen LogP contribution in [-0.2, 0) is 0 Å². The number of para-hydroxylation sites is 1. The van der Waals surface area contributed by atoms with Gasteiger partial charge in [0.05, 0.1) is 17.9 Å². The Labute approximate surface area is 292 Å².